The van der Waals surface area contributed by atoms with Crippen LogP contribution in [0.5, 0.6) is 0 Å². The van der Waals surface area contributed by atoms with Gasteiger partial charge in [0, 0.05) is 5.70 Å². The molecule has 25 heavy (non-hydrogen) atoms. The van der Waals surface area contributed by atoms with Gasteiger partial charge in [0.15, 0.2) is 11.1 Å². The van der Waals surface area contributed by atoms with Crippen LogP contribution in [-0.2, 0) is 15.7 Å². The summed E-state index contributed by atoms with van der Waals surface area (Å²) in [7, 11) is 0.974. The molecule has 1 aliphatic heterocycles. The number of ether oxygens (including phenoxy) is 1. The summed E-state index contributed by atoms with van der Waals surface area (Å²) in [6.07, 6.45) is -4.85. The molecule has 1 aromatic rings. The van der Waals surface area contributed by atoms with Crippen molar-refractivity contribution in [2.24, 2.45) is 0 Å². The lowest BCUT2D eigenvalue weighted by molar-refractivity contribution is -0.641. The average Bonchev–Trinajstić information content (AvgIpc) is 2.52. The molecule has 0 bridgehead atoms. The van der Waals surface area contributed by atoms with E-state index in [1.807, 2.05) is 0 Å². The number of hydrogen-bond acceptors (Lipinski definition) is 5. The van der Waals surface area contributed by atoms with Gasteiger partial charge in [-0.1, -0.05) is 18.2 Å². The number of carbonyl (C=O) groups is 2. The third-order valence-corrected chi connectivity index (χ3v) is 3.57. The maximum Gasteiger partial charge on any atom is 0.416 e. The third-order valence-electron chi connectivity index (χ3n) is 3.57. The lowest BCUT2D eigenvalue weighted by Gasteiger charge is -2.31. The van der Waals surface area contributed by atoms with E-state index in [9.17, 15) is 32.9 Å². The van der Waals surface area contributed by atoms with Crippen LogP contribution in [-0.4, -0.2) is 29.2 Å². The molecule has 11 heteroatoms. The van der Waals surface area contributed by atoms with Crippen LogP contribution in [0.4, 0.5) is 18.0 Å². The van der Waals surface area contributed by atoms with E-state index in [0.29, 0.717) is 6.07 Å². The molecular weight excluding hydrogens is 347 g/mol. The molecule has 8 nitrogen and oxygen atoms in total. The lowest BCUT2D eigenvalue weighted by Crippen LogP contribution is -2.51. The number of nitro groups is 1. The summed E-state index contributed by atoms with van der Waals surface area (Å²) in [6, 6.07) is 0.842. The zero-order valence-electron chi connectivity index (χ0n) is 13.0. The van der Waals surface area contributed by atoms with Gasteiger partial charge in [0.25, 0.3) is 0 Å². The number of esters is 1. The minimum atomic E-state index is -4.85. The molecular formula is C14H12F3N3O5. The van der Waals surface area contributed by atoms with Crippen LogP contribution in [0.3, 0.4) is 0 Å². The van der Waals surface area contributed by atoms with Gasteiger partial charge in [-0.05, 0) is 23.6 Å². The van der Waals surface area contributed by atoms with Crippen molar-refractivity contribution in [3.63, 3.8) is 0 Å². The van der Waals surface area contributed by atoms with Crippen molar-refractivity contribution < 1.29 is 32.5 Å². The van der Waals surface area contributed by atoms with Crippen molar-refractivity contribution in [2.45, 2.75) is 19.1 Å². The fourth-order valence-electron chi connectivity index (χ4n) is 2.55. The molecule has 1 aromatic carbocycles. The van der Waals surface area contributed by atoms with E-state index in [1.54, 1.807) is 0 Å². The first-order valence-electron chi connectivity index (χ1n) is 6.79. The number of carbonyl (C=O) groups excluding carboxylic acids is 2. The number of urea groups is 1. The number of halogens is 3. The van der Waals surface area contributed by atoms with E-state index in [1.165, 1.54) is 13.0 Å². The third kappa shape index (κ3) is 3.25. The van der Waals surface area contributed by atoms with Crippen LogP contribution in [0.25, 0.3) is 0 Å². The first-order valence-corrected chi connectivity index (χ1v) is 6.79. The van der Waals surface area contributed by atoms with Gasteiger partial charge < -0.3 is 10.1 Å². The summed E-state index contributed by atoms with van der Waals surface area (Å²) in [5.74, 6) is -1.09. The van der Waals surface area contributed by atoms with E-state index in [4.69, 9.17) is 0 Å². The summed E-state index contributed by atoms with van der Waals surface area (Å²) >= 11 is 0. The Hall–Kier alpha value is -3.11. The van der Waals surface area contributed by atoms with E-state index < -0.39 is 46.0 Å². The number of hydrazine groups is 1. The number of rotatable bonds is 3. The molecule has 0 fully saturated rings. The molecule has 0 radical (unpaired) electrons. The summed E-state index contributed by atoms with van der Waals surface area (Å²) in [5.41, 5.74) is -2.40. The summed E-state index contributed by atoms with van der Waals surface area (Å²) in [6.45, 7) is 1.24. The van der Waals surface area contributed by atoms with Gasteiger partial charge in [0.05, 0.1) is 18.2 Å². The summed E-state index contributed by atoms with van der Waals surface area (Å²) < 4.78 is 44.5. The monoisotopic (exact) mass is 359 g/mol. The summed E-state index contributed by atoms with van der Waals surface area (Å²) in [4.78, 5) is 35.3. The number of benzene rings is 1. The zero-order chi connectivity index (χ0) is 18.9. The van der Waals surface area contributed by atoms with E-state index in [-0.39, 0.29) is 10.7 Å². The molecule has 2 rings (SSSR count). The smallest absolute Gasteiger partial charge is 0.416 e. The Morgan fingerprint density at radius 3 is 2.48 bits per heavy atom. The van der Waals surface area contributed by atoms with E-state index in [0.717, 1.165) is 19.2 Å². The van der Waals surface area contributed by atoms with Crippen LogP contribution < -0.4 is 5.32 Å². The Kier molecular flexibility index (Phi) is 4.68. The van der Waals surface area contributed by atoms with Crippen molar-refractivity contribution >= 4 is 12.0 Å². The topological polar surface area (TPSA) is 102 Å². The molecule has 1 atom stereocenters. The predicted molar refractivity (Wildman–Crippen MR) is 76.3 cm³/mol. The Morgan fingerprint density at radius 2 is 1.96 bits per heavy atom. The highest BCUT2D eigenvalue weighted by molar-refractivity contribution is 5.94. The maximum absolute atomic E-state index is 13.3. The number of allylic oxidation sites excluding steroid dienone is 1. The zero-order valence-corrected chi connectivity index (χ0v) is 13.0. The molecule has 0 aromatic heterocycles. The van der Waals surface area contributed by atoms with Crippen LogP contribution in [0, 0.1) is 10.1 Å². The molecule has 0 saturated heterocycles. The standard InChI is InChI=1S/C14H12F3N3O5/c1-7-10(12(21)25-2)11(19(20(23)24)13(22)18-7)8-5-3-4-6-9(8)14(15,16)17/h3-6,11H,1-2H3,(H,18,22). The fraction of sp³-hybridized carbons (Fsp3) is 0.286. The minimum absolute atomic E-state index is 0.0656. The lowest BCUT2D eigenvalue weighted by atomic mass is 9.91. The first kappa shape index (κ1) is 18.2. The van der Waals surface area contributed by atoms with Crippen LogP contribution in [0.1, 0.15) is 24.1 Å². The van der Waals surface area contributed by atoms with Crippen molar-refractivity contribution in [1.29, 1.82) is 0 Å². The highest BCUT2D eigenvalue weighted by Gasteiger charge is 2.48. The molecule has 134 valence electrons. The first-order chi connectivity index (χ1) is 11.6. The quantitative estimate of drug-likeness (QED) is 0.507. The number of amides is 2. The van der Waals surface area contributed by atoms with Gasteiger partial charge >= 0.3 is 18.2 Å². The van der Waals surface area contributed by atoms with Gasteiger partial charge in [-0.2, -0.15) is 13.2 Å². The second kappa shape index (κ2) is 6.42. The van der Waals surface area contributed by atoms with Gasteiger partial charge in [0.2, 0.25) is 0 Å². The molecule has 1 unspecified atom stereocenters. The fourth-order valence-corrected chi connectivity index (χ4v) is 2.55. The SMILES string of the molecule is COC(=O)C1=C(C)NC(=O)N([N+](=O)[O-])C1c1ccccc1C(F)(F)F. The number of alkyl halides is 3. The van der Waals surface area contributed by atoms with Crippen molar-refractivity contribution in [1.82, 2.24) is 10.3 Å². The van der Waals surface area contributed by atoms with Crippen LogP contribution in [0.15, 0.2) is 35.5 Å². The van der Waals surface area contributed by atoms with Crippen molar-refractivity contribution in [2.75, 3.05) is 7.11 Å². The van der Waals surface area contributed by atoms with E-state index in [2.05, 4.69) is 10.1 Å². The highest BCUT2D eigenvalue weighted by Crippen LogP contribution is 2.41. The van der Waals surface area contributed by atoms with Crippen molar-refractivity contribution in [3.05, 3.63) is 56.8 Å². The molecule has 0 aliphatic carbocycles. The minimum Gasteiger partial charge on any atom is -0.466 e. The number of hydrogen-bond donors (Lipinski definition) is 1. The Balaban J connectivity index is 2.80. The Morgan fingerprint density at radius 1 is 1.36 bits per heavy atom. The van der Waals surface area contributed by atoms with Gasteiger partial charge in [0.1, 0.15) is 0 Å². The second-order valence-electron chi connectivity index (χ2n) is 5.03. The van der Waals surface area contributed by atoms with Crippen molar-refractivity contribution in [3.8, 4) is 0 Å². The van der Waals surface area contributed by atoms with Crippen LogP contribution in [0.2, 0.25) is 0 Å². The molecule has 0 saturated carbocycles. The number of nitrogens with one attached hydrogen (secondary N) is 1. The Bertz CT molecular complexity index is 775. The Labute approximate surface area is 139 Å². The highest BCUT2D eigenvalue weighted by atomic mass is 19.4. The predicted octanol–water partition coefficient (Wildman–Crippen LogP) is 2.41. The molecule has 1 N–H and O–H groups in total. The number of methoxy groups -OCH3 is 1. The van der Waals surface area contributed by atoms with Gasteiger partial charge in [-0.25, -0.2) is 19.7 Å². The summed E-state index contributed by atoms with van der Waals surface area (Å²) in [5, 5.41) is 12.1. The van der Waals surface area contributed by atoms with Gasteiger partial charge in [-0.15, -0.1) is 0 Å². The molecule has 1 heterocycles. The average molecular weight is 359 g/mol. The maximum atomic E-state index is 13.3. The second-order valence-corrected chi connectivity index (χ2v) is 5.03. The van der Waals surface area contributed by atoms with Gasteiger partial charge in [-0.3, -0.25) is 0 Å². The largest absolute Gasteiger partial charge is 0.466 e. The molecule has 2 amide bonds. The molecule has 1 aliphatic rings. The van der Waals surface area contributed by atoms with Crippen LogP contribution >= 0.6 is 0 Å². The number of nitrogens with zero attached hydrogens (tertiary/aromatic N) is 2. The molecule has 0 spiro atoms. The van der Waals surface area contributed by atoms with E-state index >= 15 is 0 Å². The normalized spacial score (nSPS) is 18.0.